The van der Waals surface area contributed by atoms with Gasteiger partial charge >= 0.3 is 0 Å². The van der Waals surface area contributed by atoms with Crippen molar-refractivity contribution in [1.29, 1.82) is 0 Å². The lowest BCUT2D eigenvalue weighted by molar-refractivity contribution is -0.146. The largest absolute Gasteiger partial charge is 0.346 e. The van der Waals surface area contributed by atoms with Crippen LogP contribution < -0.4 is 5.32 Å². The zero-order valence-corrected chi connectivity index (χ0v) is 17.1. The van der Waals surface area contributed by atoms with Crippen molar-refractivity contribution in [2.45, 2.75) is 44.7 Å². The molecule has 0 radical (unpaired) electrons. The average molecular weight is 412 g/mol. The fourth-order valence-electron chi connectivity index (χ4n) is 4.40. The van der Waals surface area contributed by atoms with E-state index in [0.29, 0.717) is 24.9 Å². The number of carbonyl (C=O) groups is 2. The van der Waals surface area contributed by atoms with E-state index in [2.05, 4.69) is 5.32 Å². The number of hydrogen-bond donors (Lipinski definition) is 1. The predicted octanol–water partition coefficient (Wildman–Crippen LogP) is 4.18. The van der Waals surface area contributed by atoms with Crippen molar-refractivity contribution in [2.24, 2.45) is 11.8 Å². The van der Waals surface area contributed by atoms with Gasteiger partial charge in [-0.2, -0.15) is 0 Å². The Balaban J connectivity index is 1.56. The Morgan fingerprint density at radius 2 is 1.90 bits per heavy atom. The molecule has 1 saturated heterocycles. The van der Waals surface area contributed by atoms with Gasteiger partial charge in [0, 0.05) is 18.5 Å². The number of piperazine rings is 1. The van der Waals surface area contributed by atoms with E-state index in [-0.39, 0.29) is 35.6 Å². The van der Waals surface area contributed by atoms with Crippen LogP contribution in [0.4, 0.5) is 8.78 Å². The second kappa shape index (κ2) is 8.17. The number of hydrogen-bond acceptors (Lipinski definition) is 2. The zero-order chi connectivity index (χ0) is 21.4. The first kappa shape index (κ1) is 20.5. The van der Waals surface area contributed by atoms with Crippen LogP contribution in [0, 0.1) is 23.5 Å². The standard InChI is InChI=1S/C24H26F2N2O2/c1-14(2)10-22-23(29)27-21(15-6-4-3-5-7-15)13-28(22)24(30)19-12-18(19)17-9-8-16(25)11-20(17)26/h3-9,11,14,18-19,21-22H,10,12-13H2,1-2H3,(H,27,29). The number of halogens is 2. The van der Waals surface area contributed by atoms with Crippen molar-refractivity contribution in [3.05, 3.63) is 71.3 Å². The lowest BCUT2D eigenvalue weighted by Crippen LogP contribution is -2.59. The zero-order valence-electron chi connectivity index (χ0n) is 17.1. The Hall–Kier alpha value is -2.76. The Morgan fingerprint density at radius 1 is 1.17 bits per heavy atom. The van der Waals surface area contributed by atoms with Crippen molar-refractivity contribution in [2.75, 3.05) is 6.54 Å². The van der Waals surface area contributed by atoms with Crippen molar-refractivity contribution >= 4 is 11.8 Å². The summed E-state index contributed by atoms with van der Waals surface area (Å²) in [6.45, 7) is 4.43. The number of nitrogens with one attached hydrogen (secondary N) is 1. The molecule has 0 spiro atoms. The van der Waals surface area contributed by atoms with E-state index < -0.39 is 17.7 Å². The first-order valence-electron chi connectivity index (χ1n) is 10.5. The fraction of sp³-hybridized carbons (Fsp3) is 0.417. The van der Waals surface area contributed by atoms with Crippen LogP contribution in [0.2, 0.25) is 0 Å². The van der Waals surface area contributed by atoms with Crippen molar-refractivity contribution in [3.8, 4) is 0 Å². The summed E-state index contributed by atoms with van der Waals surface area (Å²) < 4.78 is 27.4. The average Bonchev–Trinajstić information content (AvgIpc) is 3.49. The van der Waals surface area contributed by atoms with Gasteiger partial charge in [0.25, 0.3) is 0 Å². The van der Waals surface area contributed by atoms with Crippen LogP contribution in [-0.2, 0) is 9.59 Å². The lowest BCUT2D eigenvalue weighted by atomic mass is 9.95. The molecular weight excluding hydrogens is 386 g/mol. The summed E-state index contributed by atoms with van der Waals surface area (Å²) in [5.74, 6) is -1.91. The molecule has 4 atom stereocenters. The molecule has 30 heavy (non-hydrogen) atoms. The minimum Gasteiger partial charge on any atom is -0.346 e. The maximum atomic E-state index is 14.2. The van der Waals surface area contributed by atoms with E-state index in [1.165, 1.54) is 12.1 Å². The highest BCUT2D eigenvalue weighted by molar-refractivity contribution is 5.91. The fourth-order valence-corrected chi connectivity index (χ4v) is 4.40. The van der Waals surface area contributed by atoms with Crippen LogP contribution in [-0.4, -0.2) is 29.3 Å². The molecule has 2 aromatic carbocycles. The topological polar surface area (TPSA) is 49.4 Å². The van der Waals surface area contributed by atoms with Crippen LogP contribution in [0.3, 0.4) is 0 Å². The maximum Gasteiger partial charge on any atom is 0.243 e. The maximum absolute atomic E-state index is 14.2. The first-order valence-corrected chi connectivity index (χ1v) is 10.5. The number of benzene rings is 2. The molecule has 2 fully saturated rings. The van der Waals surface area contributed by atoms with Gasteiger partial charge in [-0.15, -0.1) is 0 Å². The quantitative estimate of drug-likeness (QED) is 0.801. The molecule has 0 aromatic heterocycles. The van der Waals surface area contributed by atoms with Gasteiger partial charge in [-0.3, -0.25) is 9.59 Å². The van der Waals surface area contributed by atoms with Crippen LogP contribution >= 0.6 is 0 Å². The number of carbonyl (C=O) groups excluding carboxylic acids is 2. The molecular formula is C24H26F2N2O2. The van der Waals surface area contributed by atoms with Gasteiger partial charge in [0.1, 0.15) is 17.7 Å². The van der Waals surface area contributed by atoms with Crippen LogP contribution in [0.15, 0.2) is 48.5 Å². The summed E-state index contributed by atoms with van der Waals surface area (Å²) in [5, 5.41) is 3.06. The highest BCUT2D eigenvalue weighted by Crippen LogP contribution is 2.50. The SMILES string of the molecule is CC(C)CC1C(=O)NC(c2ccccc2)CN1C(=O)C1CC1c1ccc(F)cc1F. The van der Waals surface area contributed by atoms with Gasteiger partial charge in [0.05, 0.1) is 6.04 Å². The van der Waals surface area contributed by atoms with Crippen LogP contribution in [0.25, 0.3) is 0 Å². The molecule has 2 aromatic rings. The molecule has 6 heteroatoms. The van der Waals surface area contributed by atoms with Gasteiger partial charge in [-0.05, 0) is 41.9 Å². The molecule has 1 heterocycles. The third-order valence-corrected chi connectivity index (χ3v) is 6.02. The number of nitrogens with zero attached hydrogens (tertiary/aromatic N) is 1. The van der Waals surface area contributed by atoms with Gasteiger partial charge in [-0.1, -0.05) is 50.2 Å². The van der Waals surface area contributed by atoms with Crippen molar-refractivity contribution < 1.29 is 18.4 Å². The molecule has 1 aliphatic heterocycles. The Labute approximate surface area is 175 Å². The molecule has 4 nitrogen and oxygen atoms in total. The number of rotatable bonds is 5. The van der Waals surface area contributed by atoms with E-state index in [9.17, 15) is 18.4 Å². The summed E-state index contributed by atoms with van der Waals surface area (Å²) in [5.41, 5.74) is 1.32. The third kappa shape index (κ3) is 4.09. The van der Waals surface area contributed by atoms with Crippen LogP contribution in [0.5, 0.6) is 0 Å². The molecule has 2 aliphatic rings. The number of amides is 2. The summed E-state index contributed by atoms with van der Waals surface area (Å²) >= 11 is 0. The Morgan fingerprint density at radius 3 is 2.57 bits per heavy atom. The summed E-state index contributed by atoms with van der Waals surface area (Å²) in [7, 11) is 0. The summed E-state index contributed by atoms with van der Waals surface area (Å²) in [6.07, 6.45) is 1.09. The first-order chi connectivity index (χ1) is 14.3. The minimum absolute atomic E-state index is 0.120. The predicted molar refractivity (Wildman–Crippen MR) is 109 cm³/mol. The molecule has 2 amide bonds. The lowest BCUT2D eigenvalue weighted by Gasteiger charge is -2.40. The molecule has 1 N–H and O–H groups in total. The van der Waals surface area contributed by atoms with Gasteiger partial charge < -0.3 is 10.2 Å². The molecule has 158 valence electrons. The van der Waals surface area contributed by atoms with Gasteiger partial charge in [-0.25, -0.2) is 8.78 Å². The second-order valence-electron chi connectivity index (χ2n) is 8.72. The highest BCUT2D eigenvalue weighted by Gasteiger charge is 2.50. The Bertz CT molecular complexity index is 947. The van der Waals surface area contributed by atoms with E-state index in [4.69, 9.17) is 0 Å². The summed E-state index contributed by atoms with van der Waals surface area (Å²) in [6, 6.07) is 12.3. The summed E-state index contributed by atoms with van der Waals surface area (Å²) in [4.78, 5) is 28.0. The van der Waals surface area contributed by atoms with E-state index in [1.54, 1.807) is 4.90 Å². The van der Waals surface area contributed by atoms with E-state index in [0.717, 1.165) is 11.6 Å². The highest BCUT2D eigenvalue weighted by atomic mass is 19.1. The second-order valence-corrected chi connectivity index (χ2v) is 8.72. The molecule has 4 unspecified atom stereocenters. The molecule has 0 bridgehead atoms. The van der Waals surface area contributed by atoms with E-state index >= 15 is 0 Å². The van der Waals surface area contributed by atoms with Gasteiger partial charge in [0.2, 0.25) is 11.8 Å². The van der Waals surface area contributed by atoms with Gasteiger partial charge in [0.15, 0.2) is 0 Å². The van der Waals surface area contributed by atoms with Crippen molar-refractivity contribution in [1.82, 2.24) is 10.2 Å². The van der Waals surface area contributed by atoms with Crippen LogP contribution in [0.1, 0.15) is 49.8 Å². The molecule has 1 saturated carbocycles. The third-order valence-electron chi connectivity index (χ3n) is 6.02. The normalized spacial score (nSPS) is 25.9. The minimum atomic E-state index is -0.629. The monoisotopic (exact) mass is 412 g/mol. The van der Waals surface area contributed by atoms with Crippen molar-refractivity contribution in [3.63, 3.8) is 0 Å². The molecule has 4 rings (SSSR count). The molecule has 1 aliphatic carbocycles. The van der Waals surface area contributed by atoms with E-state index in [1.807, 2.05) is 44.2 Å². The smallest absolute Gasteiger partial charge is 0.243 e. The Kier molecular flexibility index (Phi) is 5.58.